The maximum absolute atomic E-state index is 13.2. The van der Waals surface area contributed by atoms with Crippen molar-refractivity contribution in [3.63, 3.8) is 0 Å². The summed E-state index contributed by atoms with van der Waals surface area (Å²) in [4.78, 5) is 15.0. The Bertz CT molecular complexity index is 802. The Morgan fingerprint density at radius 1 is 1.36 bits per heavy atom. The van der Waals surface area contributed by atoms with Gasteiger partial charge in [-0.3, -0.25) is 9.48 Å². The second kappa shape index (κ2) is 6.40. The van der Waals surface area contributed by atoms with Gasteiger partial charge in [0, 0.05) is 44.9 Å². The number of methoxy groups -OCH3 is 1. The van der Waals surface area contributed by atoms with Gasteiger partial charge in [0.2, 0.25) is 0 Å². The molecule has 2 aliphatic rings. The molecule has 1 unspecified atom stereocenters. The number of carbonyl (C=O) groups is 1. The highest BCUT2D eigenvalue weighted by molar-refractivity contribution is 5.98. The van der Waals surface area contributed by atoms with E-state index >= 15 is 0 Å². The minimum atomic E-state index is -0.0574. The van der Waals surface area contributed by atoms with E-state index in [4.69, 9.17) is 14.2 Å². The maximum atomic E-state index is 13.2. The number of hydrogen-bond donors (Lipinski definition) is 0. The van der Waals surface area contributed by atoms with Crippen LogP contribution in [0.2, 0.25) is 0 Å². The fraction of sp³-hybridized carbons (Fsp3) is 0.444. The van der Waals surface area contributed by atoms with Crippen LogP contribution in [0.3, 0.4) is 0 Å². The molecule has 1 aromatic carbocycles. The molecule has 0 bridgehead atoms. The van der Waals surface area contributed by atoms with Crippen LogP contribution in [0.1, 0.15) is 27.5 Å². The van der Waals surface area contributed by atoms with Crippen LogP contribution >= 0.6 is 0 Å². The van der Waals surface area contributed by atoms with E-state index < -0.39 is 0 Å². The van der Waals surface area contributed by atoms with Gasteiger partial charge in [-0.05, 0) is 12.1 Å². The lowest BCUT2D eigenvalue weighted by atomic mass is 9.96. The Hall–Kier alpha value is -2.54. The molecule has 7 nitrogen and oxygen atoms in total. The van der Waals surface area contributed by atoms with E-state index in [0.717, 1.165) is 11.3 Å². The van der Waals surface area contributed by atoms with Gasteiger partial charge in [0.1, 0.15) is 13.2 Å². The van der Waals surface area contributed by atoms with Gasteiger partial charge in [-0.25, -0.2) is 0 Å². The van der Waals surface area contributed by atoms with Crippen molar-refractivity contribution in [2.75, 3.05) is 33.5 Å². The van der Waals surface area contributed by atoms with Gasteiger partial charge in [0.15, 0.2) is 11.5 Å². The molecule has 0 radical (unpaired) electrons. The molecule has 0 spiro atoms. The molecule has 2 aromatic rings. The molecule has 1 amide bonds. The summed E-state index contributed by atoms with van der Waals surface area (Å²) >= 11 is 0. The van der Waals surface area contributed by atoms with Crippen LogP contribution < -0.4 is 9.47 Å². The first-order chi connectivity index (χ1) is 12.2. The third-order valence-electron chi connectivity index (χ3n) is 4.58. The molecule has 1 aromatic heterocycles. The Morgan fingerprint density at radius 2 is 2.20 bits per heavy atom. The fourth-order valence-electron chi connectivity index (χ4n) is 3.54. The molecule has 25 heavy (non-hydrogen) atoms. The van der Waals surface area contributed by atoms with E-state index in [1.54, 1.807) is 17.9 Å². The number of amides is 1. The highest BCUT2D eigenvalue weighted by Crippen LogP contribution is 2.36. The molecule has 0 N–H and O–H groups in total. The SMILES string of the molecule is COCC1CN(C(=O)c2cccc3c2OCCO3)Cc2cn(C)nc21. The summed E-state index contributed by atoms with van der Waals surface area (Å²) in [5.41, 5.74) is 2.62. The lowest BCUT2D eigenvalue weighted by Crippen LogP contribution is -2.39. The van der Waals surface area contributed by atoms with Crippen molar-refractivity contribution in [3.8, 4) is 11.5 Å². The molecule has 0 aliphatic carbocycles. The molecular formula is C18H21N3O4. The normalized spacial score (nSPS) is 18.8. The van der Waals surface area contributed by atoms with Crippen LogP contribution in [0.5, 0.6) is 11.5 Å². The van der Waals surface area contributed by atoms with Gasteiger partial charge in [-0.1, -0.05) is 6.07 Å². The van der Waals surface area contributed by atoms with Gasteiger partial charge >= 0.3 is 0 Å². The molecule has 2 aliphatic heterocycles. The van der Waals surface area contributed by atoms with Gasteiger partial charge in [-0.2, -0.15) is 5.10 Å². The summed E-state index contributed by atoms with van der Waals surface area (Å²) in [5, 5.41) is 4.54. The first-order valence-corrected chi connectivity index (χ1v) is 8.36. The molecule has 0 fully saturated rings. The number of aromatic nitrogens is 2. The number of carbonyl (C=O) groups excluding carboxylic acids is 1. The number of rotatable bonds is 3. The molecule has 0 saturated heterocycles. The van der Waals surface area contributed by atoms with E-state index in [0.29, 0.717) is 50.0 Å². The molecule has 7 heteroatoms. The largest absolute Gasteiger partial charge is 0.486 e. The van der Waals surface area contributed by atoms with Crippen molar-refractivity contribution < 1.29 is 19.0 Å². The quantitative estimate of drug-likeness (QED) is 0.846. The van der Waals surface area contributed by atoms with Crippen LogP contribution in [0.15, 0.2) is 24.4 Å². The van der Waals surface area contributed by atoms with E-state index in [2.05, 4.69) is 5.10 Å². The zero-order valence-electron chi connectivity index (χ0n) is 14.4. The van der Waals surface area contributed by atoms with Gasteiger partial charge in [-0.15, -0.1) is 0 Å². The third-order valence-corrected chi connectivity index (χ3v) is 4.58. The summed E-state index contributed by atoms with van der Waals surface area (Å²) < 4.78 is 18.4. The van der Waals surface area contributed by atoms with Gasteiger partial charge in [0.05, 0.1) is 17.9 Å². The molecule has 132 valence electrons. The third kappa shape index (κ3) is 2.84. The predicted molar refractivity (Wildman–Crippen MR) is 90.0 cm³/mol. The number of benzene rings is 1. The average molecular weight is 343 g/mol. The number of hydrogen-bond acceptors (Lipinski definition) is 5. The molecular weight excluding hydrogens is 322 g/mol. The second-order valence-electron chi connectivity index (χ2n) is 6.38. The zero-order chi connectivity index (χ0) is 17.4. The fourth-order valence-corrected chi connectivity index (χ4v) is 3.54. The van der Waals surface area contributed by atoms with Crippen LogP contribution in [0.4, 0.5) is 0 Å². The topological polar surface area (TPSA) is 65.8 Å². The maximum Gasteiger partial charge on any atom is 0.258 e. The molecule has 4 rings (SSSR count). The van der Waals surface area contributed by atoms with Crippen molar-refractivity contribution in [2.24, 2.45) is 7.05 Å². The van der Waals surface area contributed by atoms with Crippen LogP contribution in [-0.4, -0.2) is 54.1 Å². The molecule has 1 atom stereocenters. The summed E-state index contributed by atoms with van der Waals surface area (Å²) in [7, 11) is 3.56. The number of nitrogens with zero attached hydrogens (tertiary/aromatic N) is 3. The lowest BCUT2D eigenvalue weighted by molar-refractivity contribution is 0.0669. The van der Waals surface area contributed by atoms with Crippen molar-refractivity contribution in [1.29, 1.82) is 0 Å². The first-order valence-electron chi connectivity index (χ1n) is 8.36. The van der Waals surface area contributed by atoms with Crippen molar-refractivity contribution in [1.82, 2.24) is 14.7 Å². The number of fused-ring (bicyclic) bond motifs is 2. The Labute approximate surface area is 146 Å². The van der Waals surface area contributed by atoms with Crippen molar-refractivity contribution >= 4 is 5.91 Å². The predicted octanol–water partition coefficient (Wildman–Crippen LogP) is 1.58. The van der Waals surface area contributed by atoms with Crippen LogP contribution in [0, 0.1) is 0 Å². The van der Waals surface area contributed by atoms with Crippen LogP contribution in [-0.2, 0) is 18.3 Å². The van der Waals surface area contributed by atoms with Crippen molar-refractivity contribution in [2.45, 2.75) is 12.5 Å². The minimum absolute atomic E-state index is 0.0574. The Balaban J connectivity index is 1.65. The minimum Gasteiger partial charge on any atom is -0.486 e. The highest BCUT2D eigenvalue weighted by atomic mass is 16.6. The first kappa shape index (κ1) is 16.0. The molecule has 0 saturated carbocycles. The second-order valence-corrected chi connectivity index (χ2v) is 6.38. The molecule has 3 heterocycles. The van der Waals surface area contributed by atoms with E-state index in [-0.39, 0.29) is 11.8 Å². The summed E-state index contributed by atoms with van der Waals surface area (Å²) in [6.07, 6.45) is 1.97. The zero-order valence-corrected chi connectivity index (χ0v) is 14.4. The number of ether oxygens (including phenoxy) is 3. The van der Waals surface area contributed by atoms with Crippen LogP contribution in [0.25, 0.3) is 0 Å². The monoisotopic (exact) mass is 343 g/mol. The summed E-state index contributed by atoms with van der Waals surface area (Å²) in [6, 6.07) is 5.45. The number of aryl methyl sites for hydroxylation is 1. The number of para-hydroxylation sites is 1. The summed E-state index contributed by atoms with van der Waals surface area (Å²) in [5.74, 6) is 1.18. The van der Waals surface area contributed by atoms with Gasteiger partial charge < -0.3 is 19.1 Å². The van der Waals surface area contributed by atoms with Crippen molar-refractivity contribution in [3.05, 3.63) is 41.2 Å². The average Bonchev–Trinajstić information content (AvgIpc) is 3.01. The van der Waals surface area contributed by atoms with E-state index in [9.17, 15) is 4.79 Å². The highest BCUT2D eigenvalue weighted by Gasteiger charge is 2.33. The lowest BCUT2D eigenvalue weighted by Gasteiger charge is -2.32. The Morgan fingerprint density at radius 3 is 3.04 bits per heavy atom. The smallest absolute Gasteiger partial charge is 0.258 e. The Kier molecular flexibility index (Phi) is 4.09. The summed E-state index contributed by atoms with van der Waals surface area (Å²) in [6.45, 7) is 2.59. The van der Waals surface area contributed by atoms with E-state index in [1.165, 1.54) is 0 Å². The van der Waals surface area contributed by atoms with Gasteiger partial charge in [0.25, 0.3) is 5.91 Å². The standard InChI is InChI=1S/C18H21N3O4/c1-20-8-12-9-21(10-13(11-23-2)16(12)19-20)18(22)14-4-3-5-15-17(14)25-7-6-24-15/h3-5,8,13H,6-7,9-11H2,1-2H3. The van der Waals surface area contributed by atoms with E-state index in [1.807, 2.05) is 30.3 Å².